The van der Waals surface area contributed by atoms with Crippen LogP contribution in [0.4, 0.5) is 0 Å². The molecule has 1 aromatic carbocycles. The van der Waals surface area contributed by atoms with Gasteiger partial charge in [0, 0.05) is 32.6 Å². The maximum absolute atomic E-state index is 12.5. The van der Waals surface area contributed by atoms with Crippen LogP contribution in [0.25, 0.3) is 0 Å². The Balaban J connectivity index is 1.72. The maximum Gasteiger partial charge on any atom is 0.286 e. The van der Waals surface area contributed by atoms with Gasteiger partial charge in [-0.3, -0.25) is 4.79 Å². The van der Waals surface area contributed by atoms with E-state index in [4.69, 9.17) is 28.8 Å². The standard InChI is InChI=1S/C20H27NO7/c1-24-9-6-21-20(23)18-11-15(12-19(28-18)25-8-3-2-7-22)14-4-5-16-17(10-14)27-13-26-16/h4-5,10-11,15,19,22H,2-3,6-9,12-13H2,1H3,(H,21,23)/t15-,19+/m1/s1. The van der Waals surface area contributed by atoms with E-state index in [0.717, 1.165) is 12.0 Å². The number of hydrogen-bond donors (Lipinski definition) is 2. The molecule has 0 saturated heterocycles. The van der Waals surface area contributed by atoms with E-state index in [1.807, 2.05) is 24.3 Å². The highest BCUT2D eigenvalue weighted by atomic mass is 16.7. The fourth-order valence-corrected chi connectivity index (χ4v) is 3.08. The van der Waals surface area contributed by atoms with Gasteiger partial charge in [-0.05, 0) is 36.6 Å². The van der Waals surface area contributed by atoms with Crippen LogP contribution in [0.2, 0.25) is 0 Å². The Bertz CT molecular complexity index is 691. The molecule has 0 unspecified atom stereocenters. The first-order valence-corrected chi connectivity index (χ1v) is 9.49. The number of carbonyl (C=O) groups is 1. The first kappa shape index (κ1) is 20.4. The number of unbranched alkanes of at least 4 members (excludes halogenated alkanes) is 1. The third kappa shape index (κ3) is 5.37. The van der Waals surface area contributed by atoms with Crippen LogP contribution in [0.3, 0.4) is 0 Å². The summed E-state index contributed by atoms with van der Waals surface area (Å²) in [7, 11) is 1.58. The molecule has 3 rings (SSSR count). The Hall–Kier alpha value is -2.29. The van der Waals surface area contributed by atoms with Gasteiger partial charge in [-0.25, -0.2) is 0 Å². The molecule has 2 N–H and O–H groups in total. The molecule has 2 heterocycles. The number of ether oxygens (including phenoxy) is 5. The molecular formula is C20H27NO7. The summed E-state index contributed by atoms with van der Waals surface area (Å²) in [5, 5.41) is 11.7. The number of fused-ring (bicyclic) bond motifs is 1. The number of amides is 1. The molecule has 2 aliphatic rings. The van der Waals surface area contributed by atoms with E-state index >= 15 is 0 Å². The summed E-state index contributed by atoms with van der Waals surface area (Å²) < 4.78 is 27.4. The fraction of sp³-hybridized carbons (Fsp3) is 0.550. The van der Waals surface area contributed by atoms with Gasteiger partial charge in [0.15, 0.2) is 17.3 Å². The summed E-state index contributed by atoms with van der Waals surface area (Å²) in [6.07, 6.45) is 3.24. The van der Waals surface area contributed by atoms with Crippen LogP contribution in [-0.4, -0.2) is 57.6 Å². The Morgan fingerprint density at radius 2 is 2.11 bits per heavy atom. The minimum atomic E-state index is -0.540. The van der Waals surface area contributed by atoms with Crippen molar-refractivity contribution >= 4 is 5.91 Å². The SMILES string of the molecule is COCCNC(=O)C1=C[C@@H](c2ccc3c(c2)OCO3)C[C@@H](OCCCCO)O1. The van der Waals surface area contributed by atoms with Crippen molar-refractivity contribution in [1.29, 1.82) is 0 Å². The molecule has 28 heavy (non-hydrogen) atoms. The van der Waals surface area contributed by atoms with Crippen LogP contribution in [0.1, 0.15) is 30.7 Å². The topological polar surface area (TPSA) is 95.5 Å². The Kier molecular flexibility index (Phi) is 7.53. The van der Waals surface area contributed by atoms with Crippen molar-refractivity contribution in [2.45, 2.75) is 31.5 Å². The molecule has 8 nitrogen and oxygen atoms in total. The molecule has 0 aliphatic carbocycles. The number of allylic oxidation sites excluding steroid dienone is 1. The summed E-state index contributed by atoms with van der Waals surface area (Å²) in [6, 6.07) is 5.76. The molecule has 0 fully saturated rings. The molecular weight excluding hydrogens is 366 g/mol. The van der Waals surface area contributed by atoms with E-state index in [1.165, 1.54) is 0 Å². The molecule has 1 aromatic rings. The Morgan fingerprint density at radius 1 is 1.25 bits per heavy atom. The zero-order chi connectivity index (χ0) is 19.8. The normalized spacial score (nSPS) is 20.4. The van der Waals surface area contributed by atoms with Gasteiger partial charge in [-0.15, -0.1) is 0 Å². The number of methoxy groups -OCH3 is 1. The molecule has 2 aliphatic heterocycles. The van der Waals surface area contributed by atoms with Gasteiger partial charge in [0.1, 0.15) is 0 Å². The van der Waals surface area contributed by atoms with Crippen LogP contribution >= 0.6 is 0 Å². The number of nitrogens with one attached hydrogen (secondary N) is 1. The molecule has 1 amide bonds. The molecule has 0 saturated carbocycles. The van der Waals surface area contributed by atoms with Crippen LogP contribution in [0.15, 0.2) is 30.0 Å². The lowest BCUT2D eigenvalue weighted by molar-refractivity contribution is -0.146. The second-order valence-electron chi connectivity index (χ2n) is 6.58. The molecule has 0 bridgehead atoms. The van der Waals surface area contributed by atoms with Crippen molar-refractivity contribution in [1.82, 2.24) is 5.32 Å². The highest BCUT2D eigenvalue weighted by Gasteiger charge is 2.29. The zero-order valence-corrected chi connectivity index (χ0v) is 16.0. The Labute approximate surface area is 164 Å². The van der Waals surface area contributed by atoms with Crippen molar-refractivity contribution in [3.63, 3.8) is 0 Å². The monoisotopic (exact) mass is 393 g/mol. The number of aliphatic hydroxyl groups excluding tert-OH is 1. The highest BCUT2D eigenvalue weighted by molar-refractivity contribution is 5.91. The van der Waals surface area contributed by atoms with Crippen molar-refractivity contribution in [3.8, 4) is 11.5 Å². The Morgan fingerprint density at radius 3 is 2.93 bits per heavy atom. The lowest BCUT2D eigenvalue weighted by atomic mass is 9.92. The van der Waals surface area contributed by atoms with Crippen LogP contribution in [0, 0.1) is 0 Å². The first-order valence-electron chi connectivity index (χ1n) is 9.49. The van der Waals surface area contributed by atoms with Gasteiger partial charge in [0.25, 0.3) is 5.91 Å². The van der Waals surface area contributed by atoms with Gasteiger partial charge in [-0.2, -0.15) is 0 Å². The smallest absolute Gasteiger partial charge is 0.286 e. The van der Waals surface area contributed by atoms with Crippen LogP contribution < -0.4 is 14.8 Å². The third-order valence-corrected chi connectivity index (χ3v) is 4.55. The molecule has 0 spiro atoms. The number of carbonyl (C=O) groups excluding carboxylic acids is 1. The van der Waals surface area contributed by atoms with Gasteiger partial charge < -0.3 is 34.1 Å². The third-order valence-electron chi connectivity index (χ3n) is 4.55. The number of benzene rings is 1. The van der Waals surface area contributed by atoms with E-state index in [-0.39, 0.29) is 31.0 Å². The fourth-order valence-electron chi connectivity index (χ4n) is 3.08. The van der Waals surface area contributed by atoms with E-state index in [0.29, 0.717) is 44.1 Å². The molecule has 0 aromatic heterocycles. The maximum atomic E-state index is 12.5. The van der Waals surface area contributed by atoms with E-state index < -0.39 is 6.29 Å². The van der Waals surface area contributed by atoms with Crippen molar-refractivity contribution in [3.05, 3.63) is 35.6 Å². The lowest BCUT2D eigenvalue weighted by Gasteiger charge is -2.29. The number of rotatable bonds is 10. The van der Waals surface area contributed by atoms with E-state index in [9.17, 15) is 4.79 Å². The van der Waals surface area contributed by atoms with E-state index in [2.05, 4.69) is 5.32 Å². The number of aliphatic hydroxyl groups is 1. The van der Waals surface area contributed by atoms with Crippen molar-refractivity contribution in [2.24, 2.45) is 0 Å². The minimum Gasteiger partial charge on any atom is -0.459 e. The van der Waals surface area contributed by atoms with Crippen molar-refractivity contribution in [2.75, 3.05) is 40.3 Å². The predicted molar refractivity (Wildman–Crippen MR) is 100 cm³/mol. The summed E-state index contributed by atoms with van der Waals surface area (Å²) in [5.41, 5.74) is 0.999. The quantitative estimate of drug-likeness (QED) is 0.584. The van der Waals surface area contributed by atoms with Crippen molar-refractivity contribution < 1.29 is 33.6 Å². The first-order chi connectivity index (χ1) is 13.7. The summed E-state index contributed by atoms with van der Waals surface area (Å²) in [6.45, 7) is 1.62. The minimum absolute atomic E-state index is 0.0609. The second-order valence-corrected chi connectivity index (χ2v) is 6.58. The van der Waals surface area contributed by atoms with Gasteiger partial charge in [0.05, 0.1) is 13.2 Å². The van der Waals surface area contributed by atoms with Crippen LogP contribution in [0.5, 0.6) is 11.5 Å². The number of hydrogen-bond acceptors (Lipinski definition) is 7. The lowest BCUT2D eigenvalue weighted by Crippen LogP contribution is -2.34. The second kappa shape index (κ2) is 10.3. The molecule has 2 atom stereocenters. The molecule has 0 radical (unpaired) electrons. The largest absolute Gasteiger partial charge is 0.459 e. The predicted octanol–water partition coefficient (Wildman–Crippen LogP) is 1.68. The zero-order valence-electron chi connectivity index (χ0n) is 16.0. The summed E-state index contributed by atoms with van der Waals surface area (Å²) >= 11 is 0. The molecule has 8 heteroatoms. The van der Waals surface area contributed by atoms with Gasteiger partial charge >= 0.3 is 0 Å². The van der Waals surface area contributed by atoms with Gasteiger partial charge in [0.2, 0.25) is 13.1 Å². The van der Waals surface area contributed by atoms with Gasteiger partial charge in [-0.1, -0.05) is 6.07 Å². The van der Waals surface area contributed by atoms with Crippen LogP contribution in [-0.2, 0) is 19.0 Å². The molecule has 154 valence electrons. The average molecular weight is 393 g/mol. The average Bonchev–Trinajstić information content (AvgIpc) is 3.19. The summed E-state index contributed by atoms with van der Waals surface area (Å²) in [5.74, 6) is 1.29. The van der Waals surface area contributed by atoms with E-state index in [1.54, 1.807) is 7.11 Å². The summed E-state index contributed by atoms with van der Waals surface area (Å²) in [4.78, 5) is 12.5. The highest BCUT2D eigenvalue weighted by Crippen LogP contribution is 2.38.